The van der Waals surface area contributed by atoms with E-state index in [2.05, 4.69) is 21.2 Å². The van der Waals surface area contributed by atoms with Crippen molar-refractivity contribution in [1.29, 1.82) is 0 Å². The van der Waals surface area contributed by atoms with Gasteiger partial charge in [-0.05, 0) is 46.6 Å². The van der Waals surface area contributed by atoms with Gasteiger partial charge in [-0.1, -0.05) is 23.2 Å². The van der Waals surface area contributed by atoms with Gasteiger partial charge >= 0.3 is 5.69 Å². The van der Waals surface area contributed by atoms with Crippen molar-refractivity contribution < 1.29 is 9.72 Å². The molecule has 0 saturated carbocycles. The number of carbonyl (C=O) groups is 1. The Morgan fingerprint density at radius 2 is 2.09 bits per heavy atom. The number of halogens is 3. The van der Waals surface area contributed by atoms with E-state index in [9.17, 15) is 14.9 Å². The highest BCUT2D eigenvalue weighted by atomic mass is 79.9. The predicted molar refractivity (Wildman–Crippen MR) is 91.2 cm³/mol. The number of nitro groups is 1. The molecule has 0 atom stereocenters. The largest absolute Gasteiger partial charge is 0.351 e. The molecule has 2 rings (SSSR count). The zero-order valence-electron chi connectivity index (χ0n) is 10.9. The van der Waals surface area contributed by atoms with Crippen LogP contribution < -0.4 is 5.32 Å². The zero-order valence-corrected chi connectivity index (χ0v) is 14.9. The molecule has 0 unspecified atom stereocenters. The van der Waals surface area contributed by atoms with Crippen LogP contribution in [0.3, 0.4) is 0 Å². The second kappa shape index (κ2) is 7.41. The summed E-state index contributed by atoms with van der Waals surface area (Å²) in [5.74, 6) is -0.577. The lowest BCUT2D eigenvalue weighted by atomic mass is 10.1. The highest BCUT2D eigenvalue weighted by molar-refractivity contribution is 9.11. The molecule has 0 radical (unpaired) electrons. The first kappa shape index (κ1) is 17.2. The van der Waals surface area contributed by atoms with Crippen molar-refractivity contribution in [2.24, 2.45) is 0 Å². The summed E-state index contributed by atoms with van der Waals surface area (Å²) in [6.45, 7) is 0.354. The fourth-order valence-corrected chi connectivity index (χ4v) is 3.85. The fourth-order valence-electron chi connectivity index (χ4n) is 1.81. The van der Waals surface area contributed by atoms with Crippen LogP contribution >= 0.6 is 50.5 Å². The molecule has 2 aromatic rings. The van der Waals surface area contributed by atoms with Crippen molar-refractivity contribution in [2.75, 3.05) is 6.54 Å². The Kier molecular flexibility index (Phi) is 5.80. The Morgan fingerprint density at radius 1 is 1.36 bits per heavy atom. The van der Waals surface area contributed by atoms with Crippen LogP contribution in [0.15, 0.2) is 28.1 Å². The first-order valence-electron chi connectivity index (χ1n) is 6.04. The number of thiophene rings is 1. The van der Waals surface area contributed by atoms with Crippen LogP contribution in [0.2, 0.25) is 10.0 Å². The van der Waals surface area contributed by atoms with E-state index in [0.29, 0.717) is 13.0 Å². The summed E-state index contributed by atoms with van der Waals surface area (Å²) in [4.78, 5) is 23.6. The number of hydrogen-bond acceptors (Lipinski definition) is 4. The summed E-state index contributed by atoms with van der Waals surface area (Å²) in [6.07, 6.45) is 0.629. The van der Waals surface area contributed by atoms with Crippen molar-refractivity contribution in [2.45, 2.75) is 6.42 Å². The molecule has 1 amide bonds. The Morgan fingerprint density at radius 3 is 2.68 bits per heavy atom. The fraction of sp³-hybridized carbons (Fsp3) is 0.154. The molecule has 0 aliphatic rings. The Bertz CT molecular complexity index is 736. The van der Waals surface area contributed by atoms with Crippen molar-refractivity contribution in [3.8, 4) is 0 Å². The van der Waals surface area contributed by atoms with Gasteiger partial charge in [-0.2, -0.15) is 0 Å². The average molecular weight is 424 g/mol. The first-order valence-corrected chi connectivity index (χ1v) is 8.41. The molecule has 1 aromatic heterocycles. The van der Waals surface area contributed by atoms with Gasteiger partial charge in [0.15, 0.2) is 0 Å². The maximum absolute atomic E-state index is 12.1. The normalized spacial score (nSPS) is 10.5. The van der Waals surface area contributed by atoms with Gasteiger partial charge < -0.3 is 5.32 Å². The number of benzene rings is 1. The minimum atomic E-state index is -0.691. The van der Waals surface area contributed by atoms with Gasteiger partial charge in [0.25, 0.3) is 5.91 Å². The maximum Gasteiger partial charge on any atom is 0.300 e. The number of nitro benzene ring substituents is 1. The second-order valence-corrected chi connectivity index (χ2v) is 7.64. The van der Waals surface area contributed by atoms with Gasteiger partial charge in [0.05, 0.1) is 8.71 Å². The molecule has 1 heterocycles. The first-order chi connectivity index (χ1) is 10.4. The van der Waals surface area contributed by atoms with E-state index in [4.69, 9.17) is 23.2 Å². The highest BCUT2D eigenvalue weighted by Gasteiger charge is 2.24. The summed E-state index contributed by atoms with van der Waals surface area (Å²) in [5, 5.41) is 13.7. The molecule has 9 heteroatoms. The van der Waals surface area contributed by atoms with Crippen molar-refractivity contribution in [3.63, 3.8) is 0 Å². The van der Waals surface area contributed by atoms with E-state index in [-0.39, 0.29) is 15.6 Å². The summed E-state index contributed by atoms with van der Waals surface area (Å²) in [7, 11) is 0. The van der Waals surface area contributed by atoms with E-state index < -0.39 is 16.5 Å². The zero-order chi connectivity index (χ0) is 16.3. The van der Waals surface area contributed by atoms with Crippen LogP contribution in [0.25, 0.3) is 0 Å². The highest BCUT2D eigenvalue weighted by Crippen LogP contribution is 2.32. The molecule has 5 nitrogen and oxygen atoms in total. The molecule has 0 bridgehead atoms. The van der Waals surface area contributed by atoms with Crippen LogP contribution in [-0.4, -0.2) is 17.4 Å². The molecule has 0 spiro atoms. The number of rotatable bonds is 5. The monoisotopic (exact) mass is 422 g/mol. The summed E-state index contributed by atoms with van der Waals surface area (Å²) in [6, 6.07) is 6.34. The molecule has 22 heavy (non-hydrogen) atoms. The molecule has 1 N–H and O–H groups in total. The van der Waals surface area contributed by atoms with Crippen LogP contribution in [0.1, 0.15) is 15.2 Å². The van der Waals surface area contributed by atoms with Gasteiger partial charge in [-0.15, -0.1) is 11.3 Å². The van der Waals surface area contributed by atoms with E-state index in [1.165, 1.54) is 12.1 Å². The number of nitrogens with one attached hydrogen (secondary N) is 1. The molecule has 0 aliphatic carbocycles. The van der Waals surface area contributed by atoms with Gasteiger partial charge in [0.2, 0.25) is 0 Å². The summed E-state index contributed by atoms with van der Waals surface area (Å²) >= 11 is 16.5. The third kappa shape index (κ3) is 4.19. The predicted octanol–water partition coefficient (Wildman–Crippen LogP) is 4.70. The van der Waals surface area contributed by atoms with Gasteiger partial charge in [-0.25, -0.2) is 0 Å². The SMILES string of the molecule is O=C(NCCc1ccc(Br)s1)c1cc(Cl)cc(Cl)c1[N+](=O)[O-]. The molecular weight excluding hydrogens is 415 g/mol. The van der Waals surface area contributed by atoms with E-state index >= 15 is 0 Å². The second-order valence-electron chi connectivity index (χ2n) is 4.25. The molecule has 1 aromatic carbocycles. The van der Waals surface area contributed by atoms with Crippen molar-refractivity contribution in [3.05, 3.63) is 58.7 Å². The Balaban J connectivity index is 2.10. The third-order valence-electron chi connectivity index (χ3n) is 2.74. The number of nitrogens with zero attached hydrogens (tertiary/aromatic N) is 1. The molecule has 0 fully saturated rings. The number of amides is 1. The lowest BCUT2D eigenvalue weighted by Gasteiger charge is -2.07. The van der Waals surface area contributed by atoms with Crippen LogP contribution in [0.4, 0.5) is 5.69 Å². The summed E-state index contributed by atoms with van der Waals surface area (Å²) in [5.41, 5.74) is -0.586. The van der Waals surface area contributed by atoms with Crippen LogP contribution in [0.5, 0.6) is 0 Å². The maximum atomic E-state index is 12.1. The van der Waals surface area contributed by atoms with Gasteiger partial charge in [-0.3, -0.25) is 14.9 Å². The third-order valence-corrected chi connectivity index (χ3v) is 4.93. The molecule has 116 valence electrons. The number of hydrogen-bond donors (Lipinski definition) is 1. The molecular formula is C13H9BrCl2N2O3S. The quantitative estimate of drug-likeness (QED) is 0.559. The molecule has 0 saturated heterocycles. The van der Waals surface area contributed by atoms with Gasteiger partial charge in [0, 0.05) is 16.4 Å². The number of carbonyl (C=O) groups excluding carboxylic acids is 1. The minimum Gasteiger partial charge on any atom is -0.351 e. The minimum absolute atomic E-state index is 0.144. The van der Waals surface area contributed by atoms with E-state index in [1.54, 1.807) is 11.3 Å². The smallest absolute Gasteiger partial charge is 0.300 e. The van der Waals surface area contributed by atoms with Gasteiger partial charge in [0.1, 0.15) is 10.6 Å². The topological polar surface area (TPSA) is 72.2 Å². The summed E-state index contributed by atoms with van der Waals surface area (Å²) < 4.78 is 1.01. The lowest BCUT2D eigenvalue weighted by molar-refractivity contribution is -0.385. The van der Waals surface area contributed by atoms with Crippen molar-refractivity contribution >= 4 is 62.1 Å². The Labute approximate surface area is 148 Å². The standard InChI is InChI=1S/C13H9BrCl2N2O3S/c14-11-2-1-8(22-11)3-4-17-13(19)9-5-7(15)6-10(16)12(9)18(20)21/h1-2,5-6H,3-4H2,(H,17,19). The lowest BCUT2D eigenvalue weighted by Crippen LogP contribution is -2.26. The average Bonchev–Trinajstić information content (AvgIpc) is 2.82. The van der Waals surface area contributed by atoms with E-state index in [0.717, 1.165) is 8.66 Å². The van der Waals surface area contributed by atoms with Crippen molar-refractivity contribution in [1.82, 2.24) is 5.32 Å². The Hall–Kier alpha value is -1.15. The van der Waals surface area contributed by atoms with E-state index in [1.807, 2.05) is 12.1 Å². The molecule has 0 aliphatic heterocycles. The van der Waals surface area contributed by atoms with Crippen LogP contribution in [0, 0.1) is 10.1 Å². The van der Waals surface area contributed by atoms with Crippen LogP contribution in [-0.2, 0) is 6.42 Å².